The summed E-state index contributed by atoms with van der Waals surface area (Å²) < 4.78 is 2.51. The number of nitrogens with one attached hydrogen (secondary N) is 1. The summed E-state index contributed by atoms with van der Waals surface area (Å²) in [5.41, 5.74) is 5.17. The van der Waals surface area contributed by atoms with Gasteiger partial charge in [0.15, 0.2) is 5.11 Å². The normalized spacial score (nSPS) is 23.6. The van der Waals surface area contributed by atoms with E-state index in [9.17, 15) is 0 Å². The fourth-order valence-electron chi connectivity index (χ4n) is 4.08. The van der Waals surface area contributed by atoms with Crippen molar-refractivity contribution in [2.24, 2.45) is 0 Å². The molecule has 0 aromatic carbocycles. The first-order valence-corrected chi connectivity index (χ1v) is 9.19. The molecular formula is C19H24N4S. The van der Waals surface area contributed by atoms with Crippen LogP contribution < -0.4 is 5.32 Å². The van der Waals surface area contributed by atoms with E-state index in [4.69, 9.17) is 12.2 Å². The lowest BCUT2D eigenvalue weighted by Gasteiger charge is -2.27. The first-order chi connectivity index (χ1) is 11.6. The Bertz CT molecular complexity index is 763. The minimum atomic E-state index is 0.104. The van der Waals surface area contributed by atoms with Crippen LogP contribution in [0.2, 0.25) is 0 Å². The van der Waals surface area contributed by atoms with Crippen LogP contribution in [0.1, 0.15) is 60.5 Å². The maximum absolute atomic E-state index is 5.62. The number of aromatic nitrogens is 2. The topological polar surface area (TPSA) is 33.1 Å². The molecule has 2 fully saturated rings. The predicted octanol–water partition coefficient (Wildman–Crippen LogP) is 3.83. The van der Waals surface area contributed by atoms with Gasteiger partial charge in [-0.3, -0.25) is 4.98 Å². The van der Waals surface area contributed by atoms with E-state index >= 15 is 0 Å². The highest BCUT2D eigenvalue weighted by molar-refractivity contribution is 7.80. The van der Waals surface area contributed by atoms with Gasteiger partial charge in [0.1, 0.15) is 0 Å². The Labute approximate surface area is 148 Å². The van der Waals surface area contributed by atoms with Crippen molar-refractivity contribution in [2.75, 3.05) is 6.54 Å². The van der Waals surface area contributed by atoms with Crippen LogP contribution in [0, 0.1) is 13.8 Å². The molecule has 1 saturated heterocycles. The van der Waals surface area contributed by atoms with Crippen molar-refractivity contribution in [1.29, 1.82) is 0 Å². The van der Waals surface area contributed by atoms with Gasteiger partial charge in [-0.1, -0.05) is 6.07 Å². The van der Waals surface area contributed by atoms with Crippen molar-refractivity contribution in [3.63, 3.8) is 0 Å². The van der Waals surface area contributed by atoms with E-state index in [0.29, 0.717) is 6.04 Å². The molecule has 0 radical (unpaired) electrons. The summed E-state index contributed by atoms with van der Waals surface area (Å²) in [7, 11) is 0. The Hall–Kier alpha value is -1.88. The molecule has 24 heavy (non-hydrogen) atoms. The highest BCUT2D eigenvalue weighted by Crippen LogP contribution is 2.44. The maximum atomic E-state index is 5.62. The van der Waals surface area contributed by atoms with Crippen LogP contribution in [0.25, 0.3) is 0 Å². The third-order valence-electron chi connectivity index (χ3n) is 5.29. The molecule has 1 N–H and O–H groups in total. The molecule has 0 unspecified atom stereocenters. The molecular weight excluding hydrogens is 316 g/mol. The summed E-state index contributed by atoms with van der Waals surface area (Å²) in [6, 6.07) is 9.46. The SMILES string of the molecule is CCN1C(=S)N[C@@H](c2ccccn2)[C@@H]1c1cc(C)n(C2CC2)c1C. The largest absolute Gasteiger partial charge is 0.352 e. The zero-order valence-corrected chi connectivity index (χ0v) is 15.3. The highest BCUT2D eigenvalue weighted by Gasteiger charge is 2.41. The Morgan fingerprint density at radius 1 is 1.29 bits per heavy atom. The molecule has 0 spiro atoms. The molecule has 2 aromatic rings. The predicted molar refractivity (Wildman–Crippen MR) is 100 cm³/mol. The molecule has 1 aliphatic heterocycles. The van der Waals surface area contributed by atoms with E-state index < -0.39 is 0 Å². The summed E-state index contributed by atoms with van der Waals surface area (Å²) in [6.07, 6.45) is 4.47. The van der Waals surface area contributed by atoms with Gasteiger partial charge in [0.25, 0.3) is 0 Å². The van der Waals surface area contributed by atoms with Gasteiger partial charge in [-0.25, -0.2) is 0 Å². The zero-order chi connectivity index (χ0) is 16.8. The average Bonchev–Trinajstić information content (AvgIpc) is 3.29. The number of likely N-dealkylation sites (N-methyl/N-ethyl adjacent to an activating group) is 1. The lowest BCUT2D eigenvalue weighted by Crippen LogP contribution is -2.29. The Balaban J connectivity index is 1.80. The summed E-state index contributed by atoms with van der Waals surface area (Å²) in [5, 5.41) is 4.33. The van der Waals surface area contributed by atoms with Crippen molar-refractivity contribution in [3.05, 3.63) is 53.1 Å². The highest BCUT2D eigenvalue weighted by atomic mass is 32.1. The third kappa shape index (κ3) is 2.42. The van der Waals surface area contributed by atoms with Gasteiger partial charge in [-0.05, 0) is 69.6 Å². The summed E-state index contributed by atoms with van der Waals surface area (Å²) in [6.45, 7) is 7.54. The minimum absolute atomic E-state index is 0.104. The number of aryl methyl sites for hydroxylation is 1. The molecule has 1 aliphatic carbocycles. The second kappa shape index (κ2) is 5.88. The average molecular weight is 340 g/mol. The molecule has 4 nitrogen and oxygen atoms in total. The van der Waals surface area contributed by atoms with E-state index in [1.54, 1.807) is 0 Å². The van der Waals surface area contributed by atoms with Gasteiger partial charge < -0.3 is 14.8 Å². The fraction of sp³-hybridized carbons (Fsp3) is 0.474. The molecule has 2 aliphatic rings. The zero-order valence-electron chi connectivity index (χ0n) is 14.5. The van der Waals surface area contributed by atoms with Crippen molar-refractivity contribution in [2.45, 2.75) is 51.7 Å². The van der Waals surface area contributed by atoms with Gasteiger partial charge >= 0.3 is 0 Å². The third-order valence-corrected chi connectivity index (χ3v) is 5.64. The maximum Gasteiger partial charge on any atom is 0.170 e. The van der Waals surface area contributed by atoms with Crippen LogP contribution in [0.3, 0.4) is 0 Å². The molecule has 3 heterocycles. The summed E-state index contributed by atoms with van der Waals surface area (Å²) in [5.74, 6) is 0. The standard InChI is InChI=1S/C19H24N4S/c1-4-22-18(15-11-12(2)23(13(15)3)14-8-9-14)17(21-19(22)24)16-7-5-6-10-20-16/h5-7,10-11,14,17-18H,4,8-9H2,1-3H3,(H,21,24)/t17-,18-/m0/s1. The van der Waals surface area contributed by atoms with E-state index in [0.717, 1.165) is 17.4 Å². The van der Waals surface area contributed by atoms with Crippen molar-refractivity contribution >= 4 is 17.3 Å². The van der Waals surface area contributed by atoms with Crippen LogP contribution in [0.4, 0.5) is 0 Å². The van der Waals surface area contributed by atoms with Crippen LogP contribution in [0.15, 0.2) is 30.5 Å². The van der Waals surface area contributed by atoms with Gasteiger partial charge in [-0.2, -0.15) is 0 Å². The second-order valence-corrected chi connectivity index (χ2v) is 7.23. The van der Waals surface area contributed by atoms with Crippen molar-refractivity contribution in [3.8, 4) is 0 Å². The number of thiocarbonyl (C=S) groups is 1. The summed E-state index contributed by atoms with van der Waals surface area (Å²) >= 11 is 5.62. The van der Waals surface area contributed by atoms with Crippen molar-refractivity contribution < 1.29 is 0 Å². The molecule has 2 aromatic heterocycles. The van der Waals surface area contributed by atoms with Crippen LogP contribution >= 0.6 is 12.2 Å². The Morgan fingerprint density at radius 2 is 2.08 bits per heavy atom. The molecule has 1 saturated carbocycles. The van der Waals surface area contributed by atoms with Crippen LogP contribution in [-0.4, -0.2) is 26.1 Å². The number of hydrogen-bond acceptors (Lipinski definition) is 2. The fourth-order valence-corrected chi connectivity index (χ4v) is 4.45. The Kier molecular flexibility index (Phi) is 3.83. The number of pyridine rings is 1. The van der Waals surface area contributed by atoms with Crippen molar-refractivity contribution in [1.82, 2.24) is 19.8 Å². The lowest BCUT2D eigenvalue weighted by molar-refractivity contribution is 0.329. The number of hydrogen-bond donors (Lipinski definition) is 1. The molecule has 126 valence electrons. The van der Waals surface area contributed by atoms with E-state index in [1.807, 2.05) is 18.3 Å². The molecule has 0 amide bonds. The number of rotatable bonds is 4. The van der Waals surface area contributed by atoms with Crippen LogP contribution in [0.5, 0.6) is 0 Å². The van der Waals surface area contributed by atoms with Gasteiger partial charge in [0.05, 0.1) is 17.8 Å². The number of nitrogens with zero attached hydrogens (tertiary/aromatic N) is 3. The van der Waals surface area contributed by atoms with E-state index in [1.165, 1.54) is 29.8 Å². The minimum Gasteiger partial charge on any atom is -0.352 e. The Morgan fingerprint density at radius 3 is 2.71 bits per heavy atom. The van der Waals surface area contributed by atoms with E-state index in [2.05, 4.69) is 52.7 Å². The van der Waals surface area contributed by atoms with E-state index in [-0.39, 0.29) is 12.1 Å². The quantitative estimate of drug-likeness (QED) is 0.858. The smallest absolute Gasteiger partial charge is 0.170 e. The second-order valence-electron chi connectivity index (χ2n) is 6.84. The first kappa shape index (κ1) is 15.6. The first-order valence-electron chi connectivity index (χ1n) is 8.78. The molecule has 4 rings (SSSR count). The van der Waals surface area contributed by atoms with Gasteiger partial charge in [0, 0.05) is 30.2 Å². The molecule has 0 bridgehead atoms. The molecule has 2 atom stereocenters. The monoisotopic (exact) mass is 340 g/mol. The molecule has 5 heteroatoms. The van der Waals surface area contributed by atoms with Gasteiger partial charge in [0.2, 0.25) is 0 Å². The van der Waals surface area contributed by atoms with Gasteiger partial charge in [-0.15, -0.1) is 0 Å². The lowest BCUT2D eigenvalue weighted by atomic mass is 9.97. The summed E-state index contributed by atoms with van der Waals surface area (Å²) in [4.78, 5) is 6.89. The van der Waals surface area contributed by atoms with Crippen LogP contribution in [-0.2, 0) is 0 Å².